The molecule has 0 spiro atoms. The molecular weight excluding hydrogens is 1690 g/mol. The van der Waals surface area contributed by atoms with Crippen LogP contribution in [-0.2, 0) is 32.1 Å². The van der Waals surface area contributed by atoms with E-state index in [-0.39, 0.29) is 41.5 Å². The number of Topliss-reactive ketones (excluding diaryl/α,β-unsaturated/α-hetero) is 5. The first-order valence-corrected chi connectivity index (χ1v) is 43.8. The fourth-order valence-corrected chi connectivity index (χ4v) is 15.1. The van der Waals surface area contributed by atoms with Gasteiger partial charge in [0.05, 0.1) is 67.0 Å². The average molecular weight is 1780 g/mol. The van der Waals surface area contributed by atoms with Gasteiger partial charge in [-0.25, -0.2) is 13.2 Å². The van der Waals surface area contributed by atoms with Crippen LogP contribution in [0.4, 0.5) is 13.2 Å². The highest BCUT2D eigenvalue weighted by atomic mass is 35.5. The van der Waals surface area contributed by atoms with Crippen molar-refractivity contribution in [2.45, 2.75) is 101 Å². The topological polar surface area (TPSA) is 247 Å². The molecule has 21 rings (SSSR count). The molecular formula is C106H94Cl3F3N10O7. The summed E-state index contributed by atoms with van der Waals surface area (Å²) in [7, 11) is 0. The largest absolute Gasteiger partial charge is 0.454 e. The van der Waals surface area contributed by atoms with E-state index in [9.17, 15) is 37.1 Å². The lowest BCUT2D eigenvalue weighted by atomic mass is 10.1. The number of allylic oxidation sites excluding steroid dienone is 5. The number of nitrogens with zero attached hydrogens (tertiary/aromatic N) is 5. The normalized spacial score (nSPS) is 14.4. The zero-order valence-electron chi connectivity index (χ0n) is 72.7. The third kappa shape index (κ3) is 22.5. The van der Waals surface area contributed by atoms with Crippen LogP contribution in [0.15, 0.2) is 283 Å². The fourth-order valence-electron chi connectivity index (χ4n) is 14.7. The van der Waals surface area contributed by atoms with Gasteiger partial charge in [0.1, 0.15) is 5.82 Å². The Hall–Kier alpha value is -14.4. The highest BCUT2D eigenvalue weighted by Gasteiger charge is 2.30. The van der Waals surface area contributed by atoms with Crippen LogP contribution in [0, 0.1) is 17.5 Å². The second kappa shape index (κ2) is 44.6. The van der Waals surface area contributed by atoms with Gasteiger partial charge in [-0.15, -0.1) is 0 Å². The monoisotopic (exact) mass is 1780 g/mol. The Morgan fingerprint density at radius 3 is 0.868 bits per heavy atom. The molecule has 652 valence electrons. The summed E-state index contributed by atoms with van der Waals surface area (Å²) in [4.78, 5) is 62.0. The SMILES string of the molecule is CC.CC.CC.CC.CC.O=C1/C(=C/c2cc(-c3ccc(Cl)c(Cl)c3)n[nH]2)Cc2ccccc21.O=C1/C(=C/c2cc(-c3ccc(Cl)cc3)n[nH]2)Cc2ccccc21.O=C1/C(=C/c2cc(-c3ccc(F)c(F)c3)n[nH]2)Cc2ccccc21.O=C1/C(=C/c2cc(-c3ccc(F)cc3)n[nH]2)Cc2ccccc21.O=C1/C(=C/c2cc(-c3ccc4c(c3)OCO4)n[nH]2)Cc2ccccc21. The van der Waals surface area contributed by atoms with E-state index in [4.69, 9.17) is 44.3 Å². The Bertz CT molecular complexity index is 6410. The lowest BCUT2D eigenvalue weighted by Gasteiger charge is -1.98. The molecule has 0 amide bonds. The maximum Gasteiger partial charge on any atom is 0.231 e. The van der Waals surface area contributed by atoms with E-state index in [1.165, 1.54) is 18.2 Å². The van der Waals surface area contributed by atoms with Gasteiger partial charge in [0.15, 0.2) is 52.0 Å². The molecule has 5 aliphatic carbocycles. The standard InChI is InChI=1S/C20H14N2O3.C19H12Cl2N2O.C19H13ClN2O.C19H12F2N2O.C19H13FN2O.5C2H6/c23-20-14(7-12-3-1-2-4-16(12)20)8-15-10-17(22-21-15)13-5-6-18-19(9-13)25-11-24-18;20-16-6-5-12(9-17(16)21)18-10-14(22-23-18)8-13-7-11-3-1-2-4-15(11)19(13)24;20-15-7-5-12(6-8-15)18-11-16(21-22-18)10-14-9-13-3-1-2-4-17(13)19(14)23;20-16-6-5-12(9-17(16)21)18-10-14(22-23-18)8-13-7-11-3-1-2-4-15(11)19(13)24;20-15-7-5-12(6-8-15)18-11-16(21-22-18)10-14-9-13-3-1-2-4-17(13)19(14)23;5*1-2/h1-6,8-10H,7,11H2,(H,21,22);1-6,8-10H,7H2,(H,22,23);1-8,10-11H,9H2,(H,21,22);1-6,8-10H,7H2,(H,22,23);1-8,10-11H,9H2,(H,21,22);5*1-2H3/b14-8+;13-8+;14-10+;13-8+;14-10+;;;;;. The molecule has 0 radical (unpaired) electrons. The lowest BCUT2D eigenvalue weighted by molar-refractivity contribution is 0.103. The van der Waals surface area contributed by atoms with Crippen LogP contribution in [0.3, 0.4) is 0 Å². The Morgan fingerprint density at radius 2 is 0.550 bits per heavy atom. The maximum absolute atomic E-state index is 13.3. The van der Waals surface area contributed by atoms with Crippen molar-refractivity contribution in [2.75, 3.05) is 6.79 Å². The van der Waals surface area contributed by atoms with Crippen molar-refractivity contribution in [1.29, 1.82) is 0 Å². The summed E-state index contributed by atoms with van der Waals surface area (Å²) in [6.07, 6.45) is 12.4. The van der Waals surface area contributed by atoms with E-state index in [2.05, 4.69) is 51.0 Å². The van der Waals surface area contributed by atoms with Gasteiger partial charge < -0.3 is 9.47 Å². The molecule has 1 aliphatic heterocycles. The second-order valence-corrected chi connectivity index (χ2v) is 29.8. The number of carbonyl (C=O) groups excluding carboxylic acids is 5. The number of hydrogen-bond donors (Lipinski definition) is 5. The highest BCUT2D eigenvalue weighted by molar-refractivity contribution is 6.42. The Kier molecular flexibility index (Phi) is 32.4. The highest BCUT2D eigenvalue weighted by Crippen LogP contribution is 2.39. The van der Waals surface area contributed by atoms with Crippen LogP contribution in [0.2, 0.25) is 15.1 Å². The number of nitrogens with one attached hydrogen (secondary N) is 5. The van der Waals surface area contributed by atoms with Gasteiger partial charge in [-0.2, -0.15) is 25.5 Å². The number of rotatable bonds is 10. The van der Waals surface area contributed by atoms with E-state index >= 15 is 0 Å². The van der Waals surface area contributed by atoms with E-state index in [1.54, 1.807) is 36.4 Å². The molecule has 23 heteroatoms. The van der Waals surface area contributed by atoms with Crippen molar-refractivity contribution in [2.24, 2.45) is 0 Å². The molecule has 0 fully saturated rings. The van der Waals surface area contributed by atoms with Crippen LogP contribution >= 0.6 is 34.8 Å². The van der Waals surface area contributed by atoms with Crippen LogP contribution in [0.5, 0.6) is 11.5 Å². The number of aromatic amines is 5. The summed E-state index contributed by atoms with van der Waals surface area (Å²) < 4.78 is 50.1. The number of ether oxygens (including phenoxy) is 2. The third-order valence-corrected chi connectivity index (χ3v) is 21.7. The molecule has 6 heterocycles. The molecule has 10 aromatic carbocycles. The van der Waals surface area contributed by atoms with Gasteiger partial charge in [-0.3, -0.25) is 49.5 Å². The molecule has 129 heavy (non-hydrogen) atoms. The first-order chi connectivity index (χ1) is 62.9. The quantitative estimate of drug-likeness (QED) is 0.0803. The zero-order chi connectivity index (χ0) is 91.8. The molecule has 15 aromatic rings. The summed E-state index contributed by atoms with van der Waals surface area (Å²) >= 11 is 17.9. The molecule has 5 N–H and O–H groups in total. The lowest BCUT2D eigenvalue weighted by Crippen LogP contribution is -1.94. The summed E-state index contributed by atoms with van der Waals surface area (Å²) in [6.45, 7) is 20.2. The third-order valence-electron chi connectivity index (χ3n) is 20.7. The van der Waals surface area contributed by atoms with E-state index < -0.39 is 11.6 Å². The van der Waals surface area contributed by atoms with Gasteiger partial charge >= 0.3 is 0 Å². The van der Waals surface area contributed by atoms with E-state index in [0.717, 1.165) is 169 Å². The van der Waals surface area contributed by atoms with E-state index in [0.29, 0.717) is 69.7 Å². The number of benzene rings is 10. The minimum Gasteiger partial charge on any atom is -0.454 e. The number of fused-ring (bicyclic) bond motifs is 6. The molecule has 0 bridgehead atoms. The molecule has 0 atom stereocenters. The van der Waals surface area contributed by atoms with Gasteiger partial charge in [0, 0.05) is 121 Å². The van der Waals surface area contributed by atoms with Crippen LogP contribution in [0.25, 0.3) is 86.7 Å². The molecule has 0 saturated heterocycles. The van der Waals surface area contributed by atoms with Crippen molar-refractivity contribution in [1.82, 2.24) is 51.0 Å². The summed E-state index contributed by atoms with van der Waals surface area (Å²) in [6, 6.07) is 76.0. The van der Waals surface area contributed by atoms with Gasteiger partial charge in [-0.05, 0) is 173 Å². The van der Waals surface area contributed by atoms with Gasteiger partial charge in [0.25, 0.3) is 0 Å². The molecule has 17 nitrogen and oxygen atoms in total. The summed E-state index contributed by atoms with van der Waals surface area (Å²) in [5.74, 6) is -0.274. The van der Waals surface area contributed by atoms with Crippen LogP contribution in [-0.4, -0.2) is 86.7 Å². The van der Waals surface area contributed by atoms with Crippen molar-refractivity contribution >= 4 is 94.1 Å². The smallest absolute Gasteiger partial charge is 0.231 e. The Labute approximate surface area is 762 Å². The number of carbonyl (C=O) groups is 5. The van der Waals surface area contributed by atoms with Gasteiger partial charge in [0.2, 0.25) is 6.79 Å². The Balaban J connectivity index is 0.000000142. The fraction of sp³-hybridized carbons (Fsp3) is 0.151. The van der Waals surface area contributed by atoms with Crippen molar-refractivity contribution < 1.29 is 46.6 Å². The Morgan fingerprint density at radius 1 is 0.279 bits per heavy atom. The maximum atomic E-state index is 13.3. The number of H-pyrrole nitrogens is 5. The minimum absolute atomic E-state index is 0.00887. The number of hydrogen-bond acceptors (Lipinski definition) is 12. The molecule has 6 aliphatic rings. The van der Waals surface area contributed by atoms with E-state index in [1.807, 2.05) is 288 Å². The molecule has 5 aromatic heterocycles. The first kappa shape index (κ1) is 93.7. The van der Waals surface area contributed by atoms with Crippen molar-refractivity contribution in [3.8, 4) is 67.8 Å². The number of ketones is 5. The predicted octanol–water partition coefficient (Wildman–Crippen LogP) is 26.7. The average Bonchev–Trinajstić information content (AvgIpc) is 1.67. The molecule has 0 saturated carbocycles. The first-order valence-electron chi connectivity index (χ1n) is 42.7. The van der Waals surface area contributed by atoms with Crippen molar-refractivity contribution in [3.05, 3.63) is 399 Å². The number of aromatic nitrogens is 10. The zero-order valence-corrected chi connectivity index (χ0v) is 75.0. The predicted molar refractivity (Wildman–Crippen MR) is 510 cm³/mol. The minimum atomic E-state index is -0.920. The van der Waals surface area contributed by atoms with Gasteiger partial charge in [-0.1, -0.05) is 244 Å². The van der Waals surface area contributed by atoms with Crippen molar-refractivity contribution in [3.63, 3.8) is 0 Å². The van der Waals surface area contributed by atoms with Crippen LogP contribution in [0.1, 0.15) is 177 Å². The molecule has 0 unspecified atom stereocenters. The van der Waals surface area contributed by atoms with Crippen LogP contribution < -0.4 is 9.47 Å². The number of halogens is 6. The second-order valence-electron chi connectivity index (χ2n) is 28.5. The summed E-state index contributed by atoms with van der Waals surface area (Å²) in [5.41, 5.74) is 24.4. The summed E-state index contributed by atoms with van der Waals surface area (Å²) in [5, 5.41) is 37.6.